The number of benzene rings is 1. The molecule has 0 aliphatic heterocycles. The van der Waals surface area contributed by atoms with E-state index in [2.05, 4.69) is 58.2 Å². The van der Waals surface area contributed by atoms with E-state index in [4.69, 9.17) is 28.7 Å². The third kappa shape index (κ3) is 28.5. The number of carbonyl (C=O) groups excluding carboxylic acids is 12. The van der Waals surface area contributed by atoms with Crippen molar-refractivity contribution in [1.29, 1.82) is 0 Å². The number of aliphatic hydroxyl groups excluding tert-OH is 2. The Kier molecular flexibility index (Phi) is 33.0. The average molecular weight is 1240 g/mol. The van der Waals surface area contributed by atoms with Crippen LogP contribution in [0, 0.1) is 11.8 Å². The summed E-state index contributed by atoms with van der Waals surface area (Å²) in [4.78, 5) is 187. The maximum atomic E-state index is 14.4. The maximum Gasteiger partial charge on any atom is 0.325 e. The summed E-state index contributed by atoms with van der Waals surface area (Å²) in [5, 5.41) is 71.9. The molecule has 0 heterocycles. The largest absolute Gasteiger partial charge is 0.508 e. The maximum absolute atomic E-state index is 14.4. The third-order valence-electron chi connectivity index (χ3n) is 12.9. The lowest BCUT2D eigenvalue weighted by Crippen LogP contribution is -2.62. The van der Waals surface area contributed by atoms with Gasteiger partial charge in [-0.15, -0.1) is 0 Å². The van der Waals surface area contributed by atoms with E-state index in [1.54, 1.807) is 20.8 Å². The first-order chi connectivity index (χ1) is 40.6. The number of aliphatic hydroxyl groups is 2. The zero-order valence-corrected chi connectivity index (χ0v) is 49.1. The number of carboxylic acid groups (broad SMARTS) is 2. The fourth-order valence-corrected chi connectivity index (χ4v) is 7.81. The summed E-state index contributed by atoms with van der Waals surface area (Å²) >= 11 is 0. The van der Waals surface area contributed by atoms with Crippen molar-refractivity contribution in [2.24, 2.45) is 45.5 Å². The molecule has 0 radical (unpaired) electrons. The van der Waals surface area contributed by atoms with E-state index in [0.717, 1.165) is 0 Å². The highest BCUT2D eigenvalue weighted by atomic mass is 16.4. The Bertz CT molecular complexity index is 2620. The number of phenols is 1. The van der Waals surface area contributed by atoms with Gasteiger partial charge in [-0.05, 0) is 69.1 Å². The molecular weight excluding hydrogens is 1150 g/mol. The lowest BCUT2D eigenvalue weighted by atomic mass is 9.96. The summed E-state index contributed by atoms with van der Waals surface area (Å²) in [6.45, 7) is 6.74. The Labute approximate surface area is 500 Å². The molecule has 1 aromatic rings. The monoisotopic (exact) mass is 1240 g/mol. The van der Waals surface area contributed by atoms with E-state index < -0.39 is 201 Å². The zero-order valence-electron chi connectivity index (χ0n) is 49.1. The normalized spacial score (nSPS) is 15.1. The number of amides is 12. The predicted molar refractivity (Wildman–Crippen MR) is 306 cm³/mol. The third-order valence-corrected chi connectivity index (χ3v) is 12.9. The van der Waals surface area contributed by atoms with Gasteiger partial charge in [0.05, 0.1) is 32.1 Å². The summed E-state index contributed by atoms with van der Waals surface area (Å²) in [5.74, 6) is -17.8. The van der Waals surface area contributed by atoms with Crippen molar-refractivity contribution in [3.63, 3.8) is 0 Å². The predicted octanol–water partition coefficient (Wildman–Crippen LogP) is -8.02. The zero-order chi connectivity index (χ0) is 66.4. The summed E-state index contributed by atoms with van der Waals surface area (Å²) in [5.41, 5.74) is 27.5. The molecule has 87 heavy (non-hydrogen) atoms. The van der Waals surface area contributed by atoms with Gasteiger partial charge in [0.15, 0.2) is 5.96 Å². The molecule has 0 bridgehead atoms. The van der Waals surface area contributed by atoms with Crippen LogP contribution in [0.2, 0.25) is 0 Å². The van der Waals surface area contributed by atoms with E-state index in [1.807, 2.05) is 0 Å². The van der Waals surface area contributed by atoms with Gasteiger partial charge in [0.25, 0.3) is 0 Å². The molecule has 35 nitrogen and oxygen atoms in total. The fraction of sp³-hybridized carbons (Fsp3) is 0.596. The molecule has 1 rings (SSSR count). The number of primary amides is 2. The minimum absolute atomic E-state index is 0.0395. The Morgan fingerprint density at radius 2 is 0.931 bits per heavy atom. The van der Waals surface area contributed by atoms with Gasteiger partial charge < -0.3 is 107 Å². The van der Waals surface area contributed by atoms with Gasteiger partial charge in [-0.1, -0.05) is 46.2 Å². The first-order valence-corrected chi connectivity index (χ1v) is 27.5. The number of carboxylic acids is 2. The Balaban J connectivity index is 3.52. The van der Waals surface area contributed by atoms with Crippen molar-refractivity contribution >= 4 is 88.8 Å². The van der Waals surface area contributed by atoms with Gasteiger partial charge in [-0.25, -0.2) is 0 Å². The van der Waals surface area contributed by atoms with Gasteiger partial charge in [-0.2, -0.15) is 0 Å². The van der Waals surface area contributed by atoms with Gasteiger partial charge >= 0.3 is 11.9 Å². The van der Waals surface area contributed by atoms with Crippen LogP contribution in [0.5, 0.6) is 5.75 Å². The smallest absolute Gasteiger partial charge is 0.325 e. The number of hydrogen-bond acceptors (Lipinski definition) is 19. The molecule has 25 N–H and O–H groups in total. The van der Waals surface area contributed by atoms with E-state index >= 15 is 0 Å². The summed E-state index contributed by atoms with van der Waals surface area (Å²) < 4.78 is 0. The van der Waals surface area contributed by atoms with Crippen LogP contribution < -0.4 is 81.8 Å². The lowest BCUT2D eigenvalue weighted by molar-refractivity contribution is -0.142. The van der Waals surface area contributed by atoms with Crippen LogP contribution in [0.15, 0.2) is 29.3 Å². The van der Waals surface area contributed by atoms with E-state index in [-0.39, 0.29) is 49.0 Å². The number of phenolic OH excluding ortho intramolecular Hbond substituents is 1. The van der Waals surface area contributed by atoms with Gasteiger partial charge in [0.2, 0.25) is 70.9 Å². The minimum Gasteiger partial charge on any atom is -0.508 e. The first kappa shape index (κ1) is 75.8. The average Bonchev–Trinajstić information content (AvgIpc) is 2.71. The Morgan fingerprint density at radius 3 is 1.40 bits per heavy atom. The van der Waals surface area contributed by atoms with Crippen LogP contribution in [-0.2, 0) is 73.5 Å². The molecule has 35 heteroatoms. The summed E-state index contributed by atoms with van der Waals surface area (Å²) in [6.07, 6.45) is -3.23. The highest BCUT2D eigenvalue weighted by Gasteiger charge is 2.37. The molecule has 12 amide bonds. The summed E-state index contributed by atoms with van der Waals surface area (Å²) in [6, 6.07) is -12.8. The van der Waals surface area contributed by atoms with Crippen LogP contribution in [-0.4, -0.2) is 201 Å². The van der Waals surface area contributed by atoms with Crippen molar-refractivity contribution < 1.29 is 92.7 Å². The number of nitrogens with one attached hydrogen (secondary N) is 10. The van der Waals surface area contributed by atoms with Crippen molar-refractivity contribution in [3.05, 3.63) is 29.8 Å². The van der Waals surface area contributed by atoms with Crippen LogP contribution in [0.4, 0.5) is 0 Å². The fourth-order valence-electron chi connectivity index (χ4n) is 7.81. The molecule has 486 valence electrons. The highest BCUT2D eigenvalue weighted by Crippen LogP contribution is 2.15. The molecule has 0 unspecified atom stereocenters. The number of rotatable bonds is 40. The number of aliphatic carboxylic acids is 2. The number of carbonyl (C=O) groups is 14. The van der Waals surface area contributed by atoms with E-state index in [9.17, 15) is 92.7 Å². The number of aromatic hydroxyl groups is 1. The Hall–Kier alpha value is -9.25. The second kappa shape index (κ2) is 37.9. The molecule has 1 aromatic carbocycles. The van der Waals surface area contributed by atoms with E-state index in [0.29, 0.717) is 6.42 Å². The second-order valence-electron chi connectivity index (χ2n) is 20.8. The number of hydrogen-bond donors (Lipinski definition) is 20. The lowest BCUT2D eigenvalue weighted by Gasteiger charge is -2.29. The van der Waals surface area contributed by atoms with Crippen molar-refractivity contribution in [2.75, 3.05) is 19.8 Å². The number of guanidine groups is 1. The molecule has 0 saturated carbocycles. The molecule has 0 spiro atoms. The minimum atomic E-state index is -1.96. The van der Waals surface area contributed by atoms with Gasteiger partial charge in [-0.3, -0.25) is 72.1 Å². The quantitative estimate of drug-likeness (QED) is 0.0165. The molecule has 0 aliphatic carbocycles. The molecule has 0 aliphatic rings. The molecule has 0 fully saturated rings. The van der Waals surface area contributed by atoms with Crippen molar-refractivity contribution in [2.45, 2.75) is 166 Å². The molecule has 0 saturated heterocycles. The number of nitrogens with two attached hydrogens (primary N) is 5. The molecular formula is C52H84N16O19. The van der Waals surface area contributed by atoms with E-state index in [1.165, 1.54) is 45.0 Å². The van der Waals surface area contributed by atoms with Crippen LogP contribution >= 0.6 is 0 Å². The SMILES string of the molecule is CC[C@H](C)[C@H](NC(=O)[C@H](CC(N)=O)NC(=O)[C@H](CCC(=O)O)NC(=O)[C@H](CO)NC(=O)[C@H](C)NC(=O)[C@@H](N)CCCN=C(N)N)C(=O)N[C@@H](Cc1ccc(O)cc1)C(=O)N[C@@H](CO)C(=O)N[C@@H](CC(N)=O)C(=O)N[C@@H](CC(C)C)C(=O)N[C@@H](C)C(=O)O. The van der Waals surface area contributed by atoms with Crippen molar-refractivity contribution in [3.8, 4) is 5.75 Å². The number of nitrogens with zero attached hydrogens (tertiary/aromatic N) is 1. The van der Waals surface area contributed by atoms with Gasteiger partial charge in [0.1, 0.15) is 66.2 Å². The van der Waals surface area contributed by atoms with Gasteiger partial charge in [0, 0.05) is 19.4 Å². The summed E-state index contributed by atoms with van der Waals surface area (Å²) in [7, 11) is 0. The second-order valence-corrected chi connectivity index (χ2v) is 20.8. The van der Waals surface area contributed by atoms with Crippen LogP contribution in [0.3, 0.4) is 0 Å². The first-order valence-electron chi connectivity index (χ1n) is 27.5. The molecule has 0 aromatic heterocycles. The standard InChI is InChI=1S/C52H84N16O19/c1-7-24(4)40(68-47(82)34(20-38(55)73)63-43(78)30(14-15-39(74)75)61-48(83)35(21-69)66-41(76)25(5)59-42(77)29(53)9-8-16-58-52(56)57)50(85)65-32(18-27-10-12-28(71)13-11-27)45(80)67-36(22-70)49(84)64-33(19-37(54)72)46(81)62-31(17-23(2)3)44(79)60-26(6)51(86)87/h10-13,23-26,29-36,40,69-71H,7-9,14-22,53H2,1-6H3,(H2,54,72)(H2,55,73)(H,59,77)(H,60,79)(H,61,83)(H,62,81)(H,63,78)(H,64,84)(H,65,85)(H,66,76)(H,67,80)(H,68,82)(H,74,75)(H,86,87)(H4,56,57,58)/t24-,25-,26-,29-,30-,31-,32-,33-,34-,35-,36-,40-/m0/s1. The number of aliphatic imine (C=N–C) groups is 1. The van der Waals surface area contributed by atoms with Crippen LogP contribution in [0.25, 0.3) is 0 Å². The highest BCUT2D eigenvalue weighted by molar-refractivity contribution is 6.00. The molecule has 12 atom stereocenters. The van der Waals surface area contributed by atoms with Crippen molar-refractivity contribution in [1.82, 2.24) is 53.2 Å². The Morgan fingerprint density at radius 1 is 0.506 bits per heavy atom. The van der Waals surface area contributed by atoms with Crippen LogP contribution in [0.1, 0.15) is 98.5 Å². The topological polar surface area (TPSA) is 603 Å².